The maximum atomic E-state index is 12.9. The highest BCUT2D eigenvalue weighted by Crippen LogP contribution is 2.26. The second kappa shape index (κ2) is 12.5. The van der Waals surface area contributed by atoms with Gasteiger partial charge >= 0.3 is 5.97 Å². The van der Waals surface area contributed by atoms with Gasteiger partial charge in [-0.15, -0.1) is 0 Å². The van der Waals surface area contributed by atoms with Crippen LogP contribution in [0, 0.1) is 6.92 Å². The fourth-order valence-corrected chi connectivity index (χ4v) is 4.14. The summed E-state index contributed by atoms with van der Waals surface area (Å²) in [5, 5.41) is 7.34. The highest BCUT2D eigenvalue weighted by Gasteiger charge is 2.32. The molecule has 0 saturated carbocycles. The van der Waals surface area contributed by atoms with Crippen molar-refractivity contribution >= 4 is 11.9 Å². The van der Waals surface area contributed by atoms with Crippen LogP contribution in [0.25, 0.3) is 11.3 Å². The summed E-state index contributed by atoms with van der Waals surface area (Å²) in [6.07, 6.45) is 0. The van der Waals surface area contributed by atoms with Crippen LogP contribution < -0.4 is 14.8 Å². The Hall–Kier alpha value is -4.59. The van der Waals surface area contributed by atoms with E-state index in [2.05, 4.69) is 10.4 Å². The van der Waals surface area contributed by atoms with E-state index in [4.69, 9.17) is 14.2 Å². The lowest BCUT2D eigenvalue weighted by molar-refractivity contribution is -0.158. The van der Waals surface area contributed by atoms with Gasteiger partial charge in [0.15, 0.2) is 11.3 Å². The van der Waals surface area contributed by atoms with Gasteiger partial charge in [-0.1, -0.05) is 42.5 Å². The lowest BCUT2D eigenvalue weighted by atomic mass is 10.1. The van der Waals surface area contributed by atoms with E-state index in [0.29, 0.717) is 24.6 Å². The number of nitrogens with zero attached hydrogens (tertiary/aromatic N) is 2. The van der Waals surface area contributed by atoms with Gasteiger partial charge in [0.1, 0.15) is 18.1 Å². The second-order valence-electron chi connectivity index (χ2n) is 9.95. The maximum absolute atomic E-state index is 12.9. The summed E-state index contributed by atoms with van der Waals surface area (Å²) in [6.45, 7) is 8.11. The molecule has 1 aromatic heterocycles. The lowest BCUT2D eigenvalue weighted by Crippen LogP contribution is -2.39. The van der Waals surface area contributed by atoms with E-state index in [1.54, 1.807) is 37.6 Å². The zero-order valence-corrected chi connectivity index (χ0v) is 23.6. The molecule has 0 aliphatic rings. The third-order valence-electron chi connectivity index (χ3n) is 6.34. The van der Waals surface area contributed by atoms with E-state index in [1.165, 1.54) is 0 Å². The average molecular weight is 542 g/mol. The summed E-state index contributed by atoms with van der Waals surface area (Å²) in [6, 6.07) is 25.1. The third kappa shape index (κ3) is 7.08. The molecule has 0 aliphatic heterocycles. The number of rotatable bonds is 11. The largest absolute Gasteiger partial charge is 0.489 e. The van der Waals surface area contributed by atoms with Crippen molar-refractivity contribution in [1.82, 2.24) is 15.1 Å². The molecular formula is C32H35N3O5. The zero-order chi connectivity index (χ0) is 28.7. The van der Waals surface area contributed by atoms with Gasteiger partial charge in [-0.2, -0.15) is 5.10 Å². The van der Waals surface area contributed by atoms with Crippen molar-refractivity contribution in [3.63, 3.8) is 0 Å². The Kier molecular flexibility index (Phi) is 8.89. The molecule has 1 amide bonds. The summed E-state index contributed by atoms with van der Waals surface area (Å²) in [5.74, 6) is 0.654. The van der Waals surface area contributed by atoms with Crippen LogP contribution in [0.5, 0.6) is 11.5 Å². The first-order valence-electron chi connectivity index (χ1n) is 13.2. The molecule has 0 radical (unpaired) electrons. The maximum Gasteiger partial charge on any atom is 0.349 e. The number of hydrogen-bond acceptors (Lipinski definition) is 6. The molecule has 1 heterocycles. The third-order valence-corrected chi connectivity index (χ3v) is 6.34. The number of carbonyl (C=O) groups excluding carboxylic acids is 2. The van der Waals surface area contributed by atoms with Crippen LogP contribution >= 0.6 is 0 Å². The van der Waals surface area contributed by atoms with Crippen LogP contribution in [0.2, 0.25) is 0 Å². The van der Waals surface area contributed by atoms with Gasteiger partial charge in [0, 0.05) is 19.2 Å². The van der Waals surface area contributed by atoms with E-state index >= 15 is 0 Å². The van der Waals surface area contributed by atoms with Crippen LogP contribution in [0.15, 0.2) is 78.9 Å². The minimum atomic E-state index is -1.11. The van der Waals surface area contributed by atoms with Crippen molar-refractivity contribution < 1.29 is 23.8 Å². The molecule has 4 aromatic rings. The number of nitrogens with one attached hydrogen (secondary N) is 1. The number of amides is 1. The van der Waals surface area contributed by atoms with Gasteiger partial charge in [0.05, 0.1) is 12.3 Å². The number of hydrogen-bond donors (Lipinski definition) is 1. The molecule has 0 bridgehead atoms. The normalized spacial score (nSPS) is 11.1. The molecule has 1 N–H and O–H groups in total. The number of aryl methyl sites for hydroxylation is 2. The van der Waals surface area contributed by atoms with Crippen LogP contribution in [-0.4, -0.2) is 33.9 Å². The smallest absolute Gasteiger partial charge is 0.349 e. The van der Waals surface area contributed by atoms with Crippen molar-refractivity contribution in [3.05, 3.63) is 101 Å². The summed E-state index contributed by atoms with van der Waals surface area (Å²) < 4.78 is 18.6. The topological polar surface area (TPSA) is 91.7 Å². The number of esters is 1. The van der Waals surface area contributed by atoms with Gasteiger partial charge < -0.3 is 19.5 Å². The molecule has 8 nitrogen and oxygen atoms in total. The second-order valence-corrected chi connectivity index (χ2v) is 9.95. The van der Waals surface area contributed by atoms with Crippen molar-refractivity contribution in [3.8, 4) is 22.8 Å². The predicted molar refractivity (Wildman–Crippen MR) is 153 cm³/mol. The Morgan fingerprint density at radius 1 is 0.950 bits per heavy atom. The predicted octanol–water partition coefficient (Wildman–Crippen LogP) is 5.63. The van der Waals surface area contributed by atoms with Crippen molar-refractivity contribution in [2.45, 2.75) is 46.4 Å². The Balaban J connectivity index is 1.35. The number of benzene rings is 3. The zero-order valence-electron chi connectivity index (χ0n) is 23.6. The van der Waals surface area contributed by atoms with Crippen LogP contribution in [-0.2, 0) is 29.7 Å². The summed E-state index contributed by atoms with van der Waals surface area (Å²) in [4.78, 5) is 25.0. The molecule has 40 heavy (non-hydrogen) atoms. The lowest BCUT2D eigenvalue weighted by Gasteiger charge is -2.25. The minimum absolute atomic E-state index is 0.272. The highest BCUT2D eigenvalue weighted by atomic mass is 16.6. The van der Waals surface area contributed by atoms with Crippen molar-refractivity contribution in [2.75, 3.05) is 6.61 Å². The Bertz CT molecular complexity index is 1460. The molecule has 0 atom stereocenters. The van der Waals surface area contributed by atoms with Crippen LogP contribution in [0.4, 0.5) is 0 Å². The summed E-state index contributed by atoms with van der Waals surface area (Å²) in [7, 11) is 1.81. The SMILES string of the molecule is CCOC(=O)C(C)(C)Oc1ccc(CNC(=O)c2cc(-c3ccc(OCc4ccccc4)cc3)n(C)n2)cc1C. The Morgan fingerprint density at radius 3 is 2.35 bits per heavy atom. The molecule has 0 spiro atoms. The van der Waals surface area contributed by atoms with Crippen molar-refractivity contribution in [2.24, 2.45) is 7.05 Å². The van der Waals surface area contributed by atoms with E-state index in [0.717, 1.165) is 33.7 Å². The molecule has 0 aliphatic carbocycles. The number of carbonyl (C=O) groups is 2. The first-order chi connectivity index (χ1) is 19.2. The number of aromatic nitrogens is 2. The van der Waals surface area contributed by atoms with Gasteiger partial charge in [-0.3, -0.25) is 9.48 Å². The molecule has 4 rings (SSSR count). The van der Waals surface area contributed by atoms with Gasteiger partial charge in [0.2, 0.25) is 0 Å². The van der Waals surface area contributed by atoms with Gasteiger partial charge in [-0.25, -0.2) is 4.79 Å². The summed E-state index contributed by atoms with van der Waals surface area (Å²) >= 11 is 0. The fraction of sp³-hybridized carbons (Fsp3) is 0.281. The molecule has 3 aromatic carbocycles. The van der Waals surface area contributed by atoms with Crippen LogP contribution in [0.1, 0.15) is 48.0 Å². The van der Waals surface area contributed by atoms with Crippen molar-refractivity contribution in [1.29, 1.82) is 0 Å². The van der Waals surface area contributed by atoms with Gasteiger partial charge in [0.25, 0.3) is 5.91 Å². The fourth-order valence-electron chi connectivity index (χ4n) is 4.14. The Morgan fingerprint density at radius 2 is 1.68 bits per heavy atom. The van der Waals surface area contributed by atoms with E-state index in [9.17, 15) is 9.59 Å². The quantitative estimate of drug-likeness (QED) is 0.248. The monoisotopic (exact) mass is 541 g/mol. The minimum Gasteiger partial charge on any atom is -0.489 e. The molecule has 208 valence electrons. The molecule has 8 heteroatoms. The molecule has 0 fully saturated rings. The number of ether oxygens (including phenoxy) is 3. The van der Waals surface area contributed by atoms with E-state index in [-0.39, 0.29) is 12.5 Å². The molecular weight excluding hydrogens is 506 g/mol. The van der Waals surface area contributed by atoms with Gasteiger partial charge in [-0.05, 0) is 80.8 Å². The van der Waals surface area contributed by atoms with Crippen LogP contribution in [0.3, 0.4) is 0 Å². The van der Waals surface area contributed by atoms with E-state index < -0.39 is 11.6 Å². The first-order valence-corrected chi connectivity index (χ1v) is 13.2. The molecule has 0 unspecified atom stereocenters. The molecule has 0 saturated heterocycles. The first kappa shape index (κ1) is 28.4. The standard InChI is InChI=1S/C32H35N3O5/c1-6-38-31(37)32(3,4)40-29-17-12-24(18-22(29)2)20-33-30(36)27-19-28(35(5)34-27)25-13-15-26(16-14-25)39-21-23-10-8-7-9-11-23/h7-19H,6,20-21H2,1-5H3,(H,33,36). The highest BCUT2D eigenvalue weighted by molar-refractivity contribution is 5.93. The average Bonchev–Trinajstić information content (AvgIpc) is 3.34. The van der Waals surface area contributed by atoms with E-state index in [1.807, 2.05) is 80.7 Å². The Labute approximate surface area is 234 Å². The summed E-state index contributed by atoms with van der Waals surface area (Å²) in [5.41, 5.74) is 3.82.